The smallest absolute Gasteiger partial charge is 0.310 e. The van der Waals surface area contributed by atoms with E-state index in [9.17, 15) is 9.59 Å². The fraction of sp³-hybridized carbons (Fsp3) is 0.579. The molecule has 1 aliphatic rings. The highest BCUT2D eigenvalue weighted by Gasteiger charge is 2.28. The molecule has 0 spiro atoms. The lowest BCUT2D eigenvalue weighted by atomic mass is 9.78. The molecule has 0 bridgehead atoms. The van der Waals surface area contributed by atoms with Crippen molar-refractivity contribution in [3.63, 3.8) is 0 Å². The molecule has 0 heterocycles. The lowest BCUT2D eigenvalue weighted by molar-refractivity contribution is -0.148. The summed E-state index contributed by atoms with van der Waals surface area (Å²) in [5.74, 6) is 0.856. The van der Waals surface area contributed by atoms with E-state index < -0.39 is 5.97 Å². The minimum absolute atomic E-state index is 0.00782. The number of hydrogen-bond acceptors (Lipinski definition) is 4. The molecule has 3 atom stereocenters. The Morgan fingerprint density at radius 1 is 1.28 bits per heavy atom. The van der Waals surface area contributed by atoms with Crippen LogP contribution >= 0.6 is 11.6 Å². The molecule has 1 saturated carbocycles. The largest absolute Gasteiger partial charge is 0.496 e. The van der Waals surface area contributed by atoms with Crippen molar-refractivity contribution in [2.24, 2.45) is 11.8 Å². The Hall–Kier alpha value is -1.75. The van der Waals surface area contributed by atoms with Gasteiger partial charge in [-0.1, -0.05) is 38.3 Å². The summed E-state index contributed by atoms with van der Waals surface area (Å²) in [6, 6.07) is 5.20. The van der Waals surface area contributed by atoms with Crippen molar-refractivity contribution in [3.8, 4) is 5.75 Å². The number of halogens is 1. The summed E-state index contributed by atoms with van der Waals surface area (Å²) in [5.41, 5.74) is 0.634. The Kier molecular flexibility index (Phi) is 7.12. The summed E-state index contributed by atoms with van der Waals surface area (Å²) in [6.07, 6.45) is 3.30. The van der Waals surface area contributed by atoms with Gasteiger partial charge in [0.15, 0.2) is 6.61 Å². The first-order chi connectivity index (χ1) is 11.9. The zero-order valence-electron chi connectivity index (χ0n) is 15.0. The molecule has 138 valence electrons. The van der Waals surface area contributed by atoms with E-state index in [0.29, 0.717) is 28.2 Å². The van der Waals surface area contributed by atoms with Gasteiger partial charge in [0.05, 0.1) is 13.5 Å². The molecule has 2 rings (SSSR count). The van der Waals surface area contributed by atoms with Crippen molar-refractivity contribution >= 4 is 23.5 Å². The monoisotopic (exact) mass is 367 g/mol. The number of esters is 1. The van der Waals surface area contributed by atoms with Gasteiger partial charge in [0.2, 0.25) is 0 Å². The number of benzene rings is 1. The van der Waals surface area contributed by atoms with Gasteiger partial charge in [-0.15, -0.1) is 0 Å². The van der Waals surface area contributed by atoms with Crippen LogP contribution in [0.4, 0.5) is 0 Å². The minimum Gasteiger partial charge on any atom is -0.496 e. The normalized spacial score (nSPS) is 23.0. The second kappa shape index (κ2) is 9.09. The minimum atomic E-state index is -0.485. The van der Waals surface area contributed by atoms with E-state index in [1.165, 1.54) is 13.5 Å². The number of amides is 1. The summed E-state index contributed by atoms with van der Waals surface area (Å²) in [6.45, 7) is 4.10. The van der Waals surface area contributed by atoms with Crippen LogP contribution in [0.1, 0.15) is 38.7 Å². The second-order valence-corrected chi connectivity index (χ2v) is 7.17. The molecule has 1 aromatic rings. The molecular weight excluding hydrogens is 342 g/mol. The van der Waals surface area contributed by atoms with Crippen LogP contribution in [0.5, 0.6) is 5.75 Å². The van der Waals surface area contributed by atoms with Crippen LogP contribution in [0.2, 0.25) is 5.02 Å². The highest BCUT2D eigenvalue weighted by molar-refractivity contribution is 6.30. The van der Waals surface area contributed by atoms with Crippen LogP contribution in [-0.4, -0.2) is 31.6 Å². The number of ether oxygens (including phenoxy) is 2. The van der Waals surface area contributed by atoms with Gasteiger partial charge in [0.1, 0.15) is 5.75 Å². The summed E-state index contributed by atoms with van der Waals surface area (Å²) in [7, 11) is 1.53. The van der Waals surface area contributed by atoms with E-state index in [2.05, 4.69) is 19.2 Å². The third-order valence-corrected chi connectivity index (χ3v) is 5.23. The fourth-order valence-electron chi connectivity index (χ4n) is 3.27. The quantitative estimate of drug-likeness (QED) is 0.783. The second-order valence-electron chi connectivity index (χ2n) is 6.73. The molecule has 1 N–H and O–H groups in total. The topological polar surface area (TPSA) is 64.6 Å². The van der Waals surface area contributed by atoms with Crippen molar-refractivity contribution in [3.05, 3.63) is 28.8 Å². The molecule has 0 radical (unpaired) electrons. The number of hydrogen-bond donors (Lipinski definition) is 1. The van der Waals surface area contributed by atoms with Crippen LogP contribution in [0.15, 0.2) is 18.2 Å². The Morgan fingerprint density at radius 2 is 2.04 bits per heavy atom. The maximum Gasteiger partial charge on any atom is 0.310 e. The third-order valence-electron chi connectivity index (χ3n) is 4.99. The molecule has 6 heteroatoms. The highest BCUT2D eigenvalue weighted by atomic mass is 35.5. The zero-order valence-corrected chi connectivity index (χ0v) is 15.8. The van der Waals surface area contributed by atoms with E-state index in [1.807, 2.05) is 0 Å². The van der Waals surface area contributed by atoms with Crippen molar-refractivity contribution in [1.29, 1.82) is 0 Å². The SMILES string of the molecule is COc1ccc(Cl)cc1CC(=O)OCC(=O)N[C@H]1CCC[C@@H](C)[C@@H]1C. The molecular formula is C19H26ClNO4. The summed E-state index contributed by atoms with van der Waals surface area (Å²) >= 11 is 5.95. The molecule has 0 unspecified atom stereocenters. The molecule has 0 saturated heterocycles. The van der Waals surface area contributed by atoms with Gasteiger partial charge in [-0.25, -0.2) is 0 Å². The first-order valence-corrected chi connectivity index (χ1v) is 9.06. The summed E-state index contributed by atoms with van der Waals surface area (Å²) in [4.78, 5) is 24.1. The Bertz CT molecular complexity index is 619. The lowest BCUT2D eigenvalue weighted by Gasteiger charge is -2.34. The van der Waals surface area contributed by atoms with Crippen LogP contribution in [0.3, 0.4) is 0 Å². The highest BCUT2D eigenvalue weighted by Crippen LogP contribution is 2.29. The molecule has 0 aliphatic heterocycles. The standard InChI is InChI=1S/C19H26ClNO4/c1-12-5-4-6-16(13(12)2)21-18(22)11-25-19(23)10-14-9-15(20)7-8-17(14)24-3/h7-9,12-13,16H,4-6,10-11H2,1-3H3,(H,21,22)/t12-,13+,16+/m1/s1. The maximum atomic E-state index is 12.1. The number of nitrogens with one attached hydrogen (secondary N) is 1. The van der Waals surface area contributed by atoms with Crippen LogP contribution < -0.4 is 10.1 Å². The molecule has 1 aromatic carbocycles. The van der Waals surface area contributed by atoms with Crippen molar-refractivity contribution < 1.29 is 19.1 Å². The summed E-state index contributed by atoms with van der Waals surface area (Å²) in [5, 5.41) is 3.50. The number of carbonyl (C=O) groups excluding carboxylic acids is 2. The average molecular weight is 368 g/mol. The zero-order chi connectivity index (χ0) is 18.4. The third kappa shape index (κ3) is 5.63. The molecule has 0 aromatic heterocycles. The van der Waals surface area contributed by atoms with Gasteiger partial charge < -0.3 is 14.8 Å². The predicted molar refractivity (Wildman–Crippen MR) is 96.8 cm³/mol. The van der Waals surface area contributed by atoms with E-state index >= 15 is 0 Å². The van der Waals surface area contributed by atoms with Crippen molar-refractivity contribution in [2.75, 3.05) is 13.7 Å². The fourth-order valence-corrected chi connectivity index (χ4v) is 3.47. The summed E-state index contributed by atoms with van der Waals surface area (Å²) < 4.78 is 10.3. The maximum absolute atomic E-state index is 12.1. The van der Waals surface area contributed by atoms with Crippen molar-refractivity contribution in [1.82, 2.24) is 5.32 Å². The Labute approximate surface area is 154 Å². The van der Waals surface area contributed by atoms with Gasteiger partial charge in [0.25, 0.3) is 5.91 Å². The van der Waals surface area contributed by atoms with Crippen LogP contribution in [0.25, 0.3) is 0 Å². The van der Waals surface area contributed by atoms with Crippen LogP contribution in [-0.2, 0) is 20.7 Å². The molecule has 25 heavy (non-hydrogen) atoms. The molecule has 5 nitrogen and oxygen atoms in total. The Morgan fingerprint density at radius 3 is 2.76 bits per heavy atom. The van der Waals surface area contributed by atoms with Gasteiger partial charge in [0, 0.05) is 16.6 Å². The molecule has 1 amide bonds. The first-order valence-electron chi connectivity index (χ1n) is 8.68. The van der Waals surface area contributed by atoms with Gasteiger partial charge in [-0.2, -0.15) is 0 Å². The van der Waals surface area contributed by atoms with Crippen molar-refractivity contribution in [2.45, 2.75) is 45.6 Å². The first kappa shape index (κ1) is 19.6. The van der Waals surface area contributed by atoms with Gasteiger partial charge >= 0.3 is 5.97 Å². The number of rotatable bonds is 6. The molecule has 1 fully saturated rings. The number of methoxy groups -OCH3 is 1. The predicted octanol–water partition coefficient (Wildman–Crippen LogP) is 3.38. The van der Waals surface area contributed by atoms with Gasteiger partial charge in [-0.3, -0.25) is 9.59 Å². The average Bonchev–Trinajstić information content (AvgIpc) is 2.57. The number of carbonyl (C=O) groups is 2. The lowest BCUT2D eigenvalue weighted by Crippen LogP contribution is -2.45. The molecule has 1 aliphatic carbocycles. The Balaban J connectivity index is 1.81. The van der Waals surface area contributed by atoms with Crippen LogP contribution in [0, 0.1) is 11.8 Å². The van der Waals surface area contributed by atoms with E-state index in [-0.39, 0.29) is 25.0 Å². The van der Waals surface area contributed by atoms with Gasteiger partial charge in [-0.05, 0) is 36.5 Å². The van der Waals surface area contributed by atoms with E-state index in [1.54, 1.807) is 18.2 Å². The van der Waals surface area contributed by atoms with E-state index in [4.69, 9.17) is 21.1 Å². The van der Waals surface area contributed by atoms with E-state index in [0.717, 1.165) is 12.8 Å².